The fourth-order valence-corrected chi connectivity index (χ4v) is 1.45. The van der Waals surface area contributed by atoms with Crippen LogP contribution in [0, 0.1) is 23.0 Å². The smallest absolute Gasteiger partial charge is 0.163 e. The van der Waals surface area contributed by atoms with Gasteiger partial charge in [0.2, 0.25) is 0 Å². The third-order valence-corrected chi connectivity index (χ3v) is 2.36. The van der Waals surface area contributed by atoms with Gasteiger partial charge in [-0.25, -0.2) is 8.78 Å². The molecular formula is C12H14F2N2. The average Bonchev–Trinajstić information content (AvgIpc) is 2.28. The number of benzene rings is 1. The quantitative estimate of drug-likeness (QED) is 0.780. The molecule has 0 unspecified atom stereocenters. The van der Waals surface area contributed by atoms with Crippen molar-refractivity contribution in [1.29, 1.82) is 5.26 Å². The van der Waals surface area contributed by atoms with Gasteiger partial charge in [0.1, 0.15) is 0 Å². The first-order valence-corrected chi connectivity index (χ1v) is 5.21. The van der Waals surface area contributed by atoms with Gasteiger partial charge in [0.25, 0.3) is 0 Å². The molecule has 0 saturated carbocycles. The van der Waals surface area contributed by atoms with Gasteiger partial charge in [-0.1, -0.05) is 12.1 Å². The summed E-state index contributed by atoms with van der Waals surface area (Å²) in [6, 6.07) is 5.91. The number of rotatable bonds is 5. The Balaban J connectivity index is 2.56. The normalized spacial score (nSPS) is 12.1. The minimum atomic E-state index is -0.830. The molecule has 1 rings (SSSR count). The van der Waals surface area contributed by atoms with Crippen LogP contribution in [0.2, 0.25) is 0 Å². The van der Waals surface area contributed by atoms with E-state index in [1.54, 1.807) is 13.0 Å². The average molecular weight is 224 g/mol. The van der Waals surface area contributed by atoms with E-state index in [1.165, 1.54) is 6.07 Å². The zero-order valence-corrected chi connectivity index (χ0v) is 9.13. The molecule has 16 heavy (non-hydrogen) atoms. The molecule has 0 aliphatic rings. The summed E-state index contributed by atoms with van der Waals surface area (Å²) in [6.07, 6.45) is 1.17. The highest BCUT2D eigenvalue weighted by Crippen LogP contribution is 2.18. The van der Waals surface area contributed by atoms with Crippen molar-refractivity contribution in [2.24, 2.45) is 0 Å². The molecule has 1 atom stereocenters. The fraction of sp³-hybridized carbons (Fsp3) is 0.417. The van der Waals surface area contributed by atoms with Crippen molar-refractivity contribution in [1.82, 2.24) is 5.32 Å². The molecule has 0 bridgehead atoms. The van der Waals surface area contributed by atoms with E-state index in [2.05, 4.69) is 5.32 Å². The lowest BCUT2D eigenvalue weighted by Crippen LogP contribution is -2.21. The molecule has 0 fully saturated rings. The van der Waals surface area contributed by atoms with Gasteiger partial charge < -0.3 is 5.32 Å². The van der Waals surface area contributed by atoms with Crippen molar-refractivity contribution in [3.63, 3.8) is 0 Å². The van der Waals surface area contributed by atoms with Crippen molar-refractivity contribution in [2.75, 3.05) is 6.54 Å². The highest BCUT2D eigenvalue weighted by molar-refractivity contribution is 5.21. The first-order chi connectivity index (χ1) is 7.66. The molecular weight excluding hydrogens is 210 g/mol. The summed E-state index contributed by atoms with van der Waals surface area (Å²) < 4.78 is 26.3. The molecule has 2 nitrogen and oxygen atoms in total. The van der Waals surface area contributed by atoms with Crippen LogP contribution in [0.1, 0.15) is 31.4 Å². The van der Waals surface area contributed by atoms with Crippen LogP contribution in [0.4, 0.5) is 8.78 Å². The van der Waals surface area contributed by atoms with Gasteiger partial charge in [-0.05, 0) is 26.0 Å². The van der Waals surface area contributed by atoms with E-state index in [0.717, 1.165) is 6.07 Å². The van der Waals surface area contributed by atoms with Gasteiger partial charge in [0, 0.05) is 18.0 Å². The number of nitriles is 1. The van der Waals surface area contributed by atoms with Gasteiger partial charge in [-0.15, -0.1) is 0 Å². The summed E-state index contributed by atoms with van der Waals surface area (Å²) in [5.41, 5.74) is 0.317. The molecule has 0 spiro atoms. The van der Waals surface area contributed by atoms with Gasteiger partial charge >= 0.3 is 0 Å². The maximum Gasteiger partial charge on any atom is 0.163 e. The van der Waals surface area contributed by atoms with E-state index in [9.17, 15) is 8.78 Å². The molecule has 1 N–H and O–H groups in total. The number of unbranched alkanes of at least 4 members (excludes halogenated alkanes) is 1. The Morgan fingerprint density at radius 1 is 1.44 bits per heavy atom. The van der Waals surface area contributed by atoms with Gasteiger partial charge in [0.05, 0.1) is 6.07 Å². The van der Waals surface area contributed by atoms with Crippen LogP contribution in [-0.4, -0.2) is 6.54 Å². The second-order valence-corrected chi connectivity index (χ2v) is 3.58. The summed E-state index contributed by atoms with van der Waals surface area (Å²) in [4.78, 5) is 0. The first-order valence-electron chi connectivity index (χ1n) is 5.21. The molecule has 0 radical (unpaired) electrons. The van der Waals surface area contributed by atoms with Crippen LogP contribution in [-0.2, 0) is 0 Å². The van der Waals surface area contributed by atoms with Crippen LogP contribution in [0.25, 0.3) is 0 Å². The van der Waals surface area contributed by atoms with Gasteiger partial charge in [-0.3, -0.25) is 0 Å². The van der Waals surface area contributed by atoms with Crippen LogP contribution in [0.5, 0.6) is 0 Å². The second kappa shape index (κ2) is 6.19. The summed E-state index contributed by atoms with van der Waals surface area (Å²) in [7, 11) is 0. The molecule has 1 aromatic carbocycles. The Hall–Kier alpha value is -1.47. The van der Waals surface area contributed by atoms with Crippen molar-refractivity contribution in [3.8, 4) is 6.07 Å². The molecule has 4 heteroatoms. The molecule has 0 heterocycles. The van der Waals surface area contributed by atoms with E-state index >= 15 is 0 Å². The number of hydrogen-bond acceptors (Lipinski definition) is 2. The number of nitrogens with zero attached hydrogens (tertiary/aromatic N) is 1. The minimum absolute atomic E-state index is 0.255. The number of nitrogens with one attached hydrogen (secondary N) is 1. The predicted octanol–water partition coefficient (Wildman–Crippen LogP) is 2.92. The van der Waals surface area contributed by atoms with E-state index in [4.69, 9.17) is 5.26 Å². The lowest BCUT2D eigenvalue weighted by atomic mass is 10.1. The van der Waals surface area contributed by atoms with Crippen molar-refractivity contribution in [2.45, 2.75) is 25.8 Å². The summed E-state index contributed by atoms with van der Waals surface area (Å²) in [5, 5.41) is 11.4. The largest absolute Gasteiger partial charge is 0.310 e. The van der Waals surface area contributed by atoms with Crippen LogP contribution < -0.4 is 5.32 Å². The zero-order chi connectivity index (χ0) is 12.0. The van der Waals surface area contributed by atoms with Gasteiger partial charge in [-0.2, -0.15) is 5.26 Å². The van der Waals surface area contributed by atoms with Gasteiger partial charge in [0.15, 0.2) is 11.6 Å². The Labute approximate surface area is 93.9 Å². The second-order valence-electron chi connectivity index (χ2n) is 3.58. The lowest BCUT2D eigenvalue weighted by Gasteiger charge is -2.14. The third kappa shape index (κ3) is 3.28. The van der Waals surface area contributed by atoms with E-state index in [-0.39, 0.29) is 6.04 Å². The molecule has 0 aliphatic carbocycles. The molecule has 0 amide bonds. The minimum Gasteiger partial charge on any atom is -0.310 e. The standard InChI is InChI=1S/C12H14F2N2/c1-9(16-8-3-2-7-15)10-5-4-6-11(13)12(10)14/h4-6,9,16H,2-3,8H2,1H3/t9-/m1/s1. The van der Waals surface area contributed by atoms with E-state index < -0.39 is 11.6 Å². The molecule has 0 aliphatic heterocycles. The highest BCUT2D eigenvalue weighted by atomic mass is 19.2. The van der Waals surface area contributed by atoms with Crippen molar-refractivity contribution in [3.05, 3.63) is 35.4 Å². The SMILES string of the molecule is C[C@@H](NCCCC#N)c1cccc(F)c1F. The third-order valence-electron chi connectivity index (χ3n) is 2.36. The Morgan fingerprint density at radius 2 is 2.19 bits per heavy atom. The first kappa shape index (κ1) is 12.6. The Kier molecular flexibility index (Phi) is 4.87. The van der Waals surface area contributed by atoms with Crippen LogP contribution in [0.15, 0.2) is 18.2 Å². The lowest BCUT2D eigenvalue weighted by molar-refractivity contribution is 0.471. The van der Waals surface area contributed by atoms with Crippen LogP contribution >= 0.6 is 0 Å². The zero-order valence-electron chi connectivity index (χ0n) is 9.13. The number of halogens is 2. The summed E-state index contributed by atoms with van der Waals surface area (Å²) in [5.74, 6) is -1.63. The van der Waals surface area contributed by atoms with Crippen molar-refractivity contribution < 1.29 is 8.78 Å². The van der Waals surface area contributed by atoms with E-state index in [1.807, 2.05) is 6.07 Å². The Bertz CT molecular complexity index is 385. The van der Waals surface area contributed by atoms with Crippen molar-refractivity contribution >= 4 is 0 Å². The fourth-order valence-electron chi connectivity index (χ4n) is 1.45. The maximum absolute atomic E-state index is 13.4. The highest BCUT2D eigenvalue weighted by Gasteiger charge is 2.12. The van der Waals surface area contributed by atoms with E-state index in [0.29, 0.717) is 24.9 Å². The molecule has 1 aromatic rings. The predicted molar refractivity (Wildman–Crippen MR) is 57.6 cm³/mol. The maximum atomic E-state index is 13.4. The molecule has 0 aromatic heterocycles. The Morgan fingerprint density at radius 3 is 2.88 bits per heavy atom. The topological polar surface area (TPSA) is 35.8 Å². The molecule has 86 valence electrons. The monoisotopic (exact) mass is 224 g/mol. The summed E-state index contributed by atoms with van der Waals surface area (Å²) in [6.45, 7) is 2.38. The number of hydrogen-bond donors (Lipinski definition) is 1. The summed E-state index contributed by atoms with van der Waals surface area (Å²) >= 11 is 0. The van der Waals surface area contributed by atoms with Crippen LogP contribution in [0.3, 0.4) is 0 Å². The molecule has 0 saturated heterocycles.